The van der Waals surface area contributed by atoms with Gasteiger partial charge in [0.15, 0.2) is 0 Å². The van der Waals surface area contributed by atoms with E-state index < -0.39 is 0 Å². The van der Waals surface area contributed by atoms with Gasteiger partial charge in [0.1, 0.15) is 0 Å². The molecule has 0 amide bonds. The zero-order chi connectivity index (χ0) is 10.1. The van der Waals surface area contributed by atoms with Crippen molar-refractivity contribution in [3.63, 3.8) is 0 Å². The summed E-state index contributed by atoms with van der Waals surface area (Å²) < 4.78 is 5.28. The Labute approximate surface area is 81.3 Å². The van der Waals surface area contributed by atoms with Crippen LogP contribution in [0.15, 0.2) is 0 Å². The van der Waals surface area contributed by atoms with Crippen LogP contribution in [0.2, 0.25) is 0 Å². The molecule has 1 fully saturated rings. The zero-order valence-corrected chi connectivity index (χ0v) is 9.21. The minimum Gasteiger partial charge on any atom is -0.390 e. The Morgan fingerprint density at radius 3 is 2.31 bits per heavy atom. The van der Waals surface area contributed by atoms with E-state index in [-0.39, 0.29) is 12.2 Å². The van der Waals surface area contributed by atoms with E-state index in [1.54, 1.807) is 7.11 Å². The molecule has 13 heavy (non-hydrogen) atoms. The Hall–Kier alpha value is -0.0800. The molecule has 0 spiro atoms. The summed E-state index contributed by atoms with van der Waals surface area (Å²) in [5.41, 5.74) is 0.344. The van der Waals surface area contributed by atoms with Crippen molar-refractivity contribution in [3.8, 4) is 0 Å². The van der Waals surface area contributed by atoms with Crippen LogP contribution in [0.5, 0.6) is 0 Å². The van der Waals surface area contributed by atoms with Gasteiger partial charge in [0, 0.05) is 7.11 Å². The number of aliphatic hydroxyl groups is 1. The molecule has 1 N–H and O–H groups in total. The molecule has 0 aromatic heterocycles. The SMILES string of the molecule is CO[C@@H]1C[C@@H](C(C)(C)C)CC[C@@H]1O. The summed E-state index contributed by atoms with van der Waals surface area (Å²) >= 11 is 0. The first-order valence-corrected chi connectivity index (χ1v) is 5.16. The van der Waals surface area contributed by atoms with Crippen molar-refractivity contribution in [2.24, 2.45) is 11.3 Å². The number of rotatable bonds is 1. The molecule has 3 atom stereocenters. The molecule has 1 saturated carbocycles. The molecule has 1 aliphatic rings. The maximum Gasteiger partial charge on any atom is 0.0833 e. The molecular formula is C11H22O2. The van der Waals surface area contributed by atoms with Gasteiger partial charge in [-0.25, -0.2) is 0 Å². The quantitative estimate of drug-likeness (QED) is 0.680. The van der Waals surface area contributed by atoms with Gasteiger partial charge in [0.05, 0.1) is 12.2 Å². The van der Waals surface area contributed by atoms with E-state index in [4.69, 9.17) is 4.74 Å². The van der Waals surface area contributed by atoms with Crippen molar-refractivity contribution in [1.29, 1.82) is 0 Å². The highest BCUT2D eigenvalue weighted by atomic mass is 16.5. The molecule has 0 bridgehead atoms. The second-order valence-electron chi connectivity index (χ2n) is 5.22. The normalized spacial score (nSPS) is 36.2. The van der Waals surface area contributed by atoms with E-state index in [2.05, 4.69) is 20.8 Å². The van der Waals surface area contributed by atoms with Gasteiger partial charge in [-0.1, -0.05) is 20.8 Å². The molecule has 1 rings (SSSR count). The van der Waals surface area contributed by atoms with E-state index in [0.717, 1.165) is 19.3 Å². The van der Waals surface area contributed by atoms with E-state index in [0.29, 0.717) is 11.3 Å². The minimum atomic E-state index is -0.247. The van der Waals surface area contributed by atoms with Gasteiger partial charge >= 0.3 is 0 Å². The second-order valence-corrected chi connectivity index (χ2v) is 5.22. The first-order chi connectivity index (χ1) is 5.95. The number of methoxy groups -OCH3 is 1. The fourth-order valence-electron chi connectivity index (χ4n) is 2.15. The predicted molar refractivity (Wildman–Crippen MR) is 53.6 cm³/mol. The van der Waals surface area contributed by atoms with Crippen LogP contribution >= 0.6 is 0 Å². The smallest absolute Gasteiger partial charge is 0.0833 e. The average Bonchev–Trinajstić information content (AvgIpc) is 2.03. The summed E-state index contributed by atoms with van der Waals surface area (Å²) in [7, 11) is 1.69. The van der Waals surface area contributed by atoms with Crippen molar-refractivity contribution < 1.29 is 9.84 Å². The van der Waals surface area contributed by atoms with Crippen LogP contribution < -0.4 is 0 Å². The van der Waals surface area contributed by atoms with Crippen molar-refractivity contribution in [2.75, 3.05) is 7.11 Å². The molecule has 0 unspecified atom stereocenters. The molecule has 78 valence electrons. The number of ether oxygens (including phenoxy) is 1. The summed E-state index contributed by atoms with van der Waals surface area (Å²) in [5.74, 6) is 0.681. The third kappa shape index (κ3) is 2.68. The lowest BCUT2D eigenvalue weighted by Gasteiger charge is -2.39. The molecule has 0 aromatic carbocycles. The third-order valence-electron chi connectivity index (χ3n) is 3.28. The van der Waals surface area contributed by atoms with Gasteiger partial charge in [-0.3, -0.25) is 0 Å². The third-order valence-corrected chi connectivity index (χ3v) is 3.28. The summed E-state index contributed by atoms with van der Waals surface area (Å²) in [5, 5.41) is 9.63. The molecule has 0 heterocycles. The largest absolute Gasteiger partial charge is 0.390 e. The Bertz CT molecular complexity index is 160. The Morgan fingerprint density at radius 2 is 1.85 bits per heavy atom. The molecule has 1 aliphatic carbocycles. The molecule has 2 nitrogen and oxygen atoms in total. The minimum absolute atomic E-state index is 0.0537. The second kappa shape index (κ2) is 3.97. The van der Waals surface area contributed by atoms with Gasteiger partial charge < -0.3 is 9.84 Å². The Balaban J connectivity index is 2.55. The lowest BCUT2D eigenvalue weighted by molar-refractivity contribution is -0.0651. The van der Waals surface area contributed by atoms with Crippen LogP contribution in [0.4, 0.5) is 0 Å². The van der Waals surface area contributed by atoms with E-state index in [1.165, 1.54) is 0 Å². The highest BCUT2D eigenvalue weighted by molar-refractivity contribution is 4.85. The standard InChI is InChI=1S/C11H22O2/c1-11(2,3)8-5-6-9(12)10(7-8)13-4/h8-10,12H,5-7H2,1-4H3/t8-,9-,10+/m0/s1. The van der Waals surface area contributed by atoms with Crippen molar-refractivity contribution >= 4 is 0 Å². The van der Waals surface area contributed by atoms with Crippen molar-refractivity contribution in [2.45, 2.75) is 52.2 Å². The molecule has 0 aromatic rings. The van der Waals surface area contributed by atoms with Gasteiger partial charge in [0.25, 0.3) is 0 Å². The molecule has 0 radical (unpaired) electrons. The van der Waals surface area contributed by atoms with Crippen molar-refractivity contribution in [3.05, 3.63) is 0 Å². The lowest BCUT2D eigenvalue weighted by Crippen LogP contribution is -2.39. The summed E-state index contributed by atoms with van der Waals surface area (Å²) in [6.07, 6.45) is 2.83. The first-order valence-electron chi connectivity index (χ1n) is 5.16. The van der Waals surface area contributed by atoms with Crippen molar-refractivity contribution in [1.82, 2.24) is 0 Å². The monoisotopic (exact) mass is 186 g/mol. The topological polar surface area (TPSA) is 29.5 Å². The lowest BCUT2D eigenvalue weighted by atomic mass is 9.71. The van der Waals surface area contributed by atoms with Gasteiger partial charge in [-0.15, -0.1) is 0 Å². The summed E-state index contributed by atoms with van der Waals surface area (Å²) in [4.78, 5) is 0. The maximum atomic E-state index is 9.63. The number of hydrogen-bond donors (Lipinski definition) is 1. The zero-order valence-electron chi connectivity index (χ0n) is 9.21. The average molecular weight is 186 g/mol. The van der Waals surface area contributed by atoms with E-state index in [1.807, 2.05) is 0 Å². The highest BCUT2D eigenvalue weighted by Crippen LogP contribution is 2.38. The van der Waals surface area contributed by atoms with Crippen LogP contribution in [0.3, 0.4) is 0 Å². The number of aliphatic hydroxyl groups excluding tert-OH is 1. The first kappa shape index (κ1) is 11.0. The van der Waals surface area contributed by atoms with Gasteiger partial charge in [0.2, 0.25) is 0 Å². The van der Waals surface area contributed by atoms with Crippen LogP contribution in [0.1, 0.15) is 40.0 Å². The van der Waals surface area contributed by atoms with Crippen LogP contribution in [-0.4, -0.2) is 24.4 Å². The van der Waals surface area contributed by atoms with E-state index in [9.17, 15) is 5.11 Å². The fourth-order valence-corrected chi connectivity index (χ4v) is 2.15. The summed E-state index contributed by atoms with van der Waals surface area (Å²) in [6, 6.07) is 0. The Morgan fingerprint density at radius 1 is 1.23 bits per heavy atom. The van der Waals surface area contributed by atoms with Crippen LogP contribution in [-0.2, 0) is 4.74 Å². The highest BCUT2D eigenvalue weighted by Gasteiger charge is 2.34. The molecule has 0 aliphatic heterocycles. The Kier molecular flexibility index (Phi) is 3.36. The van der Waals surface area contributed by atoms with E-state index >= 15 is 0 Å². The van der Waals surface area contributed by atoms with Gasteiger partial charge in [-0.05, 0) is 30.6 Å². The maximum absolute atomic E-state index is 9.63. The summed E-state index contributed by atoms with van der Waals surface area (Å²) in [6.45, 7) is 6.80. The fraction of sp³-hybridized carbons (Fsp3) is 1.00. The van der Waals surface area contributed by atoms with Crippen LogP contribution in [0.25, 0.3) is 0 Å². The predicted octanol–water partition coefficient (Wildman–Crippen LogP) is 2.21. The molecule has 0 saturated heterocycles. The molecule has 2 heteroatoms. The number of hydrogen-bond acceptors (Lipinski definition) is 2. The molecular weight excluding hydrogens is 164 g/mol. The van der Waals surface area contributed by atoms with Crippen LogP contribution in [0, 0.1) is 11.3 Å². The van der Waals surface area contributed by atoms with Gasteiger partial charge in [-0.2, -0.15) is 0 Å².